The highest BCUT2D eigenvalue weighted by atomic mass is 32.1. The van der Waals surface area contributed by atoms with Gasteiger partial charge < -0.3 is 15.1 Å². The molecule has 2 fully saturated rings. The zero-order valence-corrected chi connectivity index (χ0v) is 17.7. The van der Waals surface area contributed by atoms with Crippen LogP contribution in [0.3, 0.4) is 0 Å². The van der Waals surface area contributed by atoms with Crippen LogP contribution in [0.5, 0.6) is 0 Å². The van der Waals surface area contributed by atoms with Crippen molar-refractivity contribution in [2.75, 3.05) is 25.5 Å². The summed E-state index contributed by atoms with van der Waals surface area (Å²) in [5.74, 6) is 0.846. The molecule has 1 saturated heterocycles. The first-order valence-electron chi connectivity index (χ1n) is 10.3. The second-order valence-electron chi connectivity index (χ2n) is 8.41. The second-order valence-corrected chi connectivity index (χ2v) is 8.80. The Hall–Kier alpha value is -1.13. The van der Waals surface area contributed by atoms with Crippen LogP contribution in [0.1, 0.15) is 56.6 Å². The SMILES string of the molecule is Cc1cccc(C)c1NC(=S)N1CCC(N(C)[C@@H]2CCCC[C@@H]2C)CC1. The summed E-state index contributed by atoms with van der Waals surface area (Å²) < 4.78 is 0. The van der Waals surface area contributed by atoms with Crippen LogP contribution in [0.4, 0.5) is 5.69 Å². The van der Waals surface area contributed by atoms with Gasteiger partial charge >= 0.3 is 0 Å². The highest BCUT2D eigenvalue weighted by Crippen LogP contribution is 2.30. The molecule has 0 spiro atoms. The third-order valence-corrected chi connectivity index (χ3v) is 6.99. The van der Waals surface area contributed by atoms with Gasteiger partial charge in [-0.25, -0.2) is 0 Å². The normalized spacial score (nSPS) is 24.7. The van der Waals surface area contributed by atoms with E-state index in [0.29, 0.717) is 6.04 Å². The lowest BCUT2D eigenvalue weighted by molar-refractivity contribution is 0.0691. The highest BCUT2D eigenvalue weighted by Gasteiger charge is 2.31. The number of benzene rings is 1. The Morgan fingerprint density at radius 2 is 1.69 bits per heavy atom. The van der Waals surface area contributed by atoms with Gasteiger partial charge in [0, 0.05) is 30.9 Å². The summed E-state index contributed by atoms with van der Waals surface area (Å²) in [4.78, 5) is 5.05. The molecule has 3 rings (SSSR count). The Bertz CT molecular complexity index is 602. The van der Waals surface area contributed by atoms with E-state index in [2.05, 4.69) is 61.1 Å². The Morgan fingerprint density at radius 1 is 1.08 bits per heavy atom. The minimum atomic E-state index is 0.708. The standard InChI is InChI=1S/C22H35N3S/c1-16-8-5-6-11-20(16)24(4)19-12-14-25(15-13-19)22(26)23-21-17(2)9-7-10-18(21)3/h7,9-10,16,19-20H,5-6,8,11-15H2,1-4H3,(H,23,26)/t16-,20+/m0/s1. The zero-order chi connectivity index (χ0) is 18.7. The predicted molar refractivity (Wildman–Crippen MR) is 116 cm³/mol. The highest BCUT2D eigenvalue weighted by molar-refractivity contribution is 7.80. The molecule has 4 heteroatoms. The average Bonchev–Trinajstić information content (AvgIpc) is 2.65. The minimum absolute atomic E-state index is 0.708. The van der Waals surface area contributed by atoms with Crippen molar-refractivity contribution < 1.29 is 0 Å². The van der Waals surface area contributed by atoms with Gasteiger partial charge in [0.2, 0.25) is 0 Å². The van der Waals surface area contributed by atoms with Crippen LogP contribution in [0.15, 0.2) is 18.2 Å². The van der Waals surface area contributed by atoms with Gasteiger partial charge in [0.1, 0.15) is 0 Å². The van der Waals surface area contributed by atoms with Gasteiger partial charge in [-0.05, 0) is 75.8 Å². The summed E-state index contributed by atoms with van der Waals surface area (Å²) in [6.07, 6.45) is 8.04. The average molecular weight is 374 g/mol. The van der Waals surface area contributed by atoms with Gasteiger partial charge in [0.25, 0.3) is 0 Å². The maximum absolute atomic E-state index is 5.72. The first-order valence-corrected chi connectivity index (χ1v) is 10.7. The molecule has 2 aliphatic rings. The van der Waals surface area contributed by atoms with Crippen LogP contribution < -0.4 is 5.32 Å². The molecule has 1 N–H and O–H groups in total. The van der Waals surface area contributed by atoms with E-state index in [-0.39, 0.29) is 0 Å². The zero-order valence-electron chi connectivity index (χ0n) is 16.9. The molecule has 1 aromatic carbocycles. The fraction of sp³-hybridized carbons (Fsp3) is 0.682. The lowest BCUT2D eigenvalue weighted by Gasteiger charge is -2.44. The van der Waals surface area contributed by atoms with E-state index >= 15 is 0 Å². The number of hydrogen-bond acceptors (Lipinski definition) is 2. The molecule has 0 bridgehead atoms. The smallest absolute Gasteiger partial charge is 0.173 e. The molecule has 1 aromatic rings. The molecule has 26 heavy (non-hydrogen) atoms. The molecule has 0 amide bonds. The number of rotatable bonds is 3. The number of para-hydroxylation sites is 1. The van der Waals surface area contributed by atoms with Gasteiger partial charge in [-0.15, -0.1) is 0 Å². The molecule has 1 saturated carbocycles. The Balaban J connectivity index is 1.54. The molecule has 0 radical (unpaired) electrons. The number of hydrogen-bond donors (Lipinski definition) is 1. The third kappa shape index (κ3) is 4.40. The summed E-state index contributed by atoms with van der Waals surface area (Å²) in [5.41, 5.74) is 3.69. The topological polar surface area (TPSA) is 18.5 Å². The van der Waals surface area contributed by atoms with Crippen LogP contribution in [0, 0.1) is 19.8 Å². The first-order chi connectivity index (χ1) is 12.5. The number of nitrogens with one attached hydrogen (secondary N) is 1. The van der Waals surface area contributed by atoms with Gasteiger partial charge in [-0.2, -0.15) is 0 Å². The van der Waals surface area contributed by atoms with E-state index in [4.69, 9.17) is 12.2 Å². The summed E-state index contributed by atoms with van der Waals surface area (Å²) in [7, 11) is 2.36. The summed E-state index contributed by atoms with van der Waals surface area (Å²) in [5, 5.41) is 4.39. The van der Waals surface area contributed by atoms with Gasteiger partial charge in [-0.3, -0.25) is 0 Å². The van der Waals surface area contributed by atoms with Crippen molar-refractivity contribution in [3.8, 4) is 0 Å². The number of anilines is 1. The van der Waals surface area contributed by atoms with E-state index in [1.54, 1.807) is 0 Å². The van der Waals surface area contributed by atoms with Gasteiger partial charge in [0.05, 0.1) is 0 Å². The van der Waals surface area contributed by atoms with Crippen LogP contribution in [-0.4, -0.2) is 47.1 Å². The van der Waals surface area contributed by atoms with Crippen molar-refractivity contribution in [2.24, 2.45) is 5.92 Å². The van der Waals surface area contributed by atoms with E-state index in [1.165, 1.54) is 55.3 Å². The minimum Gasteiger partial charge on any atom is -0.349 e. The van der Waals surface area contributed by atoms with E-state index in [9.17, 15) is 0 Å². The van der Waals surface area contributed by atoms with Gasteiger partial charge in [-0.1, -0.05) is 38.0 Å². The number of aryl methyl sites for hydroxylation is 2. The molecule has 2 atom stereocenters. The quantitative estimate of drug-likeness (QED) is 0.753. The third-order valence-electron chi connectivity index (χ3n) is 6.63. The molecule has 3 nitrogen and oxygen atoms in total. The van der Waals surface area contributed by atoms with Crippen LogP contribution >= 0.6 is 12.2 Å². The maximum atomic E-state index is 5.72. The maximum Gasteiger partial charge on any atom is 0.173 e. The Labute approximate surface area is 165 Å². The van der Waals surface area contributed by atoms with Crippen molar-refractivity contribution in [2.45, 2.75) is 71.4 Å². The lowest BCUT2D eigenvalue weighted by atomic mass is 9.84. The van der Waals surface area contributed by atoms with Crippen molar-refractivity contribution in [1.82, 2.24) is 9.80 Å². The summed E-state index contributed by atoms with van der Waals surface area (Å²) in [6, 6.07) is 7.88. The van der Waals surface area contributed by atoms with Crippen LogP contribution in [0.25, 0.3) is 0 Å². The van der Waals surface area contributed by atoms with E-state index in [1.807, 2.05) is 0 Å². The van der Waals surface area contributed by atoms with Crippen LogP contribution in [-0.2, 0) is 0 Å². The predicted octanol–water partition coefficient (Wildman–Crippen LogP) is 4.98. The molecule has 1 aliphatic carbocycles. The number of piperidine rings is 1. The number of likely N-dealkylation sites (tertiary alicyclic amines) is 1. The summed E-state index contributed by atoms with van der Waals surface area (Å²) >= 11 is 5.72. The fourth-order valence-electron chi connectivity index (χ4n) is 4.85. The van der Waals surface area contributed by atoms with Crippen molar-refractivity contribution in [3.63, 3.8) is 0 Å². The molecule has 144 valence electrons. The van der Waals surface area contributed by atoms with E-state index < -0.39 is 0 Å². The molecular weight excluding hydrogens is 338 g/mol. The van der Waals surface area contributed by atoms with E-state index in [0.717, 1.165) is 30.2 Å². The van der Waals surface area contributed by atoms with Crippen LogP contribution in [0.2, 0.25) is 0 Å². The van der Waals surface area contributed by atoms with Crippen molar-refractivity contribution >= 4 is 23.0 Å². The van der Waals surface area contributed by atoms with Crippen molar-refractivity contribution in [1.29, 1.82) is 0 Å². The lowest BCUT2D eigenvalue weighted by Crippen LogP contribution is -2.51. The molecule has 1 aliphatic heterocycles. The van der Waals surface area contributed by atoms with Crippen molar-refractivity contribution in [3.05, 3.63) is 29.3 Å². The molecule has 0 aromatic heterocycles. The largest absolute Gasteiger partial charge is 0.349 e. The Morgan fingerprint density at radius 3 is 2.31 bits per heavy atom. The second kappa shape index (κ2) is 8.71. The molecule has 0 unspecified atom stereocenters. The fourth-order valence-corrected chi connectivity index (χ4v) is 5.13. The Kier molecular flexibility index (Phi) is 6.57. The number of nitrogens with zero attached hydrogens (tertiary/aromatic N) is 2. The molecular formula is C22H35N3S. The number of thiocarbonyl (C=S) groups is 1. The first kappa shape index (κ1) is 19.6. The van der Waals surface area contributed by atoms with Gasteiger partial charge in [0.15, 0.2) is 5.11 Å². The molecule has 1 heterocycles. The summed E-state index contributed by atoms with van der Waals surface area (Å²) in [6.45, 7) is 8.85. The monoisotopic (exact) mass is 373 g/mol.